The first-order valence-electron chi connectivity index (χ1n) is 10.2. The summed E-state index contributed by atoms with van der Waals surface area (Å²) in [6, 6.07) is 0. The quantitative estimate of drug-likeness (QED) is 0.615. The second kappa shape index (κ2) is 8.01. The maximum atomic E-state index is 13.6. The van der Waals surface area contributed by atoms with E-state index in [1.165, 1.54) is 20.0 Å². The Morgan fingerprint density at radius 1 is 1.30 bits per heavy atom. The van der Waals surface area contributed by atoms with E-state index in [0.717, 1.165) is 9.13 Å². The Hall–Kier alpha value is -3.16. The lowest BCUT2D eigenvalue weighted by molar-refractivity contribution is -0.191. The second-order valence-corrected chi connectivity index (χ2v) is 8.29. The zero-order valence-corrected chi connectivity index (χ0v) is 17.8. The van der Waals surface area contributed by atoms with E-state index >= 15 is 0 Å². The van der Waals surface area contributed by atoms with Crippen LogP contribution in [0.5, 0.6) is 0 Å². The minimum atomic E-state index is -4.49. The molecule has 1 saturated carbocycles. The molecule has 0 spiro atoms. The van der Waals surface area contributed by atoms with Crippen LogP contribution in [0.4, 0.5) is 19.1 Å². The first-order valence-corrected chi connectivity index (χ1v) is 10.2. The highest BCUT2D eigenvalue weighted by Gasteiger charge is 2.63. The Kier molecular flexibility index (Phi) is 5.58. The molecular formula is C19H22F3N5O6. The summed E-state index contributed by atoms with van der Waals surface area (Å²) >= 11 is 0. The monoisotopic (exact) mass is 473 g/mol. The van der Waals surface area contributed by atoms with Crippen molar-refractivity contribution in [2.75, 3.05) is 12.3 Å². The Morgan fingerprint density at radius 3 is 2.58 bits per heavy atom. The lowest BCUT2D eigenvalue weighted by Gasteiger charge is -2.20. The molecule has 0 bridgehead atoms. The van der Waals surface area contributed by atoms with Gasteiger partial charge in [0.2, 0.25) is 5.95 Å². The number of nitrogen functional groups attached to an aromatic ring is 1. The van der Waals surface area contributed by atoms with Gasteiger partial charge in [0.05, 0.1) is 17.7 Å². The maximum absolute atomic E-state index is 13.6. The van der Waals surface area contributed by atoms with Crippen molar-refractivity contribution in [2.24, 2.45) is 5.41 Å². The predicted molar refractivity (Wildman–Crippen MR) is 105 cm³/mol. The van der Waals surface area contributed by atoms with Crippen LogP contribution < -0.4 is 11.4 Å². The van der Waals surface area contributed by atoms with Crippen molar-refractivity contribution in [3.05, 3.63) is 16.7 Å². The van der Waals surface area contributed by atoms with E-state index in [4.69, 9.17) is 19.9 Å². The normalized spacial score (nSPS) is 24.1. The average Bonchev–Trinajstić information content (AvgIpc) is 3.34. The van der Waals surface area contributed by atoms with Crippen LogP contribution in [0.1, 0.15) is 39.3 Å². The summed E-state index contributed by atoms with van der Waals surface area (Å²) in [5.74, 6) is -1.41. The minimum absolute atomic E-state index is 0.0401. The molecule has 11 nitrogen and oxygen atoms in total. The number of fused-ring (bicyclic) bond motifs is 1. The molecule has 0 amide bonds. The molecule has 1 aliphatic heterocycles. The van der Waals surface area contributed by atoms with Gasteiger partial charge in [0.1, 0.15) is 18.2 Å². The largest absolute Gasteiger partial charge is 0.463 e. The summed E-state index contributed by atoms with van der Waals surface area (Å²) in [4.78, 5) is 44.0. The Balaban J connectivity index is 1.78. The van der Waals surface area contributed by atoms with Gasteiger partial charge in [0.15, 0.2) is 11.9 Å². The minimum Gasteiger partial charge on any atom is -0.463 e. The summed E-state index contributed by atoms with van der Waals surface area (Å²) in [5, 5.41) is 0. The molecule has 3 atom stereocenters. The summed E-state index contributed by atoms with van der Waals surface area (Å²) in [6.45, 7) is 1.60. The number of halogens is 3. The maximum Gasteiger partial charge on any atom is 0.396 e. The topological polar surface area (TPSA) is 141 Å². The molecular weight excluding hydrogens is 451 g/mol. The van der Waals surface area contributed by atoms with Crippen LogP contribution in [0.15, 0.2) is 11.0 Å². The second-order valence-electron chi connectivity index (χ2n) is 8.29. The van der Waals surface area contributed by atoms with Gasteiger partial charge in [-0.05, 0) is 12.8 Å². The molecule has 1 saturated heterocycles. The average molecular weight is 473 g/mol. The number of carbonyl (C=O) groups is 2. The van der Waals surface area contributed by atoms with E-state index in [-0.39, 0.29) is 43.0 Å². The molecule has 2 aliphatic rings. The standard InChI is InChI=1S/C19H22F3N5O6/c1-9(28)31-7-11-5-13(32-10(2)29)15(33-11)27-14-12(6-24-16(23)25-14)26(17(27)30)8-18(3-4-18)19(20,21)22/h6,11,13,15H,3-5,7-8H2,1-2H3,(H2,23,24,25)/t11-,13+,15?/m0/s1. The van der Waals surface area contributed by atoms with Crippen LogP contribution in [0, 0.1) is 5.41 Å². The summed E-state index contributed by atoms with van der Waals surface area (Å²) < 4.78 is 58.8. The number of esters is 2. The number of ether oxygens (including phenoxy) is 3. The van der Waals surface area contributed by atoms with Crippen LogP contribution >= 0.6 is 0 Å². The van der Waals surface area contributed by atoms with Crippen LogP contribution in [0.3, 0.4) is 0 Å². The number of hydrogen-bond donors (Lipinski definition) is 1. The molecule has 2 fully saturated rings. The molecule has 3 heterocycles. The fourth-order valence-corrected chi connectivity index (χ4v) is 4.02. The van der Waals surface area contributed by atoms with Gasteiger partial charge in [-0.3, -0.25) is 14.2 Å². The molecule has 2 aromatic rings. The SMILES string of the molecule is CC(=O)OC[C@@H]1C[C@@H](OC(C)=O)C(n2c(=O)n(CC3(C(F)(F)F)CC3)c3cnc(N)nc32)O1. The third-order valence-corrected chi connectivity index (χ3v) is 5.83. The number of carbonyl (C=O) groups excluding carboxylic acids is 2. The van der Waals surface area contributed by atoms with Gasteiger partial charge in [-0.2, -0.15) is 18.2 Å². The zero-order chi connectivity index (χ0) is 24.1. The van der Waals surface area contributed by atoms with Crippen LogP contribution in [-0.4, -0.2) is 56.0 Å². The molecule has 33 heavy (non-hydrogen) atoms. The van der Waals surface area contributed by atoms with E-state index in [2.05, 4.69) is 9.97 Å². The molecule has 4 rings (SSSR count). The van der Waals surface area contributed by atoms with Crippen molar-refractivity contribution in [3.63, 3.8) is 0 Å². The van der Waals surface area contributed by atoms with Gasteiger partial charge in [-0.1, -0.05) is 0 Å². The van der Waals surface area contributed by atoms with Gasteiger partial charge in [-0.25, -0.2) is 14.3 Å². The molecule has 180 valence electrons. The van der Waals surface area contributed by atoms with Crippen molar-refractivity contribution in [3.8, 4) is 0 Å². The number of rotatable bonds is 6. The predicted octanol–water partition coefficient (Wildman–Crippen LogP) is 1.30. The van der Waals surface area contributed by atoms with Gasteiger partial charge in [0.25, 0.3) is 0 Å². The number of aromatic nitrogens is 4. The number of nitrogens with two attached hydrogens (primary N) is 1. The first-order chi connectivity index (χ1) is 15.4. The molecule has 2 N–H and O–H groups in total. The van der Waals surface area contributed by atoms with E-state index in [1.54, 1.807) is 0 Å². The zero-order valence-electron chi connectivity index (χ0n) is 17.8. The molecule has 0 radical (unpaired) electrons. The Bertz CT molecular complexity index is 1160. The van der Waals surface area contributed by atoms with Crippen LogP contribution in [0.2, 0.25) is 0 Å². The van der Waals surface area contributed by atoms with Crippen molar-refractivity contribution in [2.45, 2.75) is 64.3 Å². The third-order valence-electron chi connectivity index (χ3n) is 5.83. The van der Waals surface area contributed by atoms with Crippen molar-refractivity contribution >= 4 is 29.1 Å². The summed E-state index contributed by atoms with van der Waals surface area (Å²) in [7, 11) is 0. The Morgan fingerprint density at radius 2 is 2.00 bits per heavy atom. The number of hydrogen-bond acceptors (Lipinski definition) is 9. The lowest BCUT2D eigenvalue weighted by Crippen LogP contribution is -2.37. The van der Waals surface area contributed by atoms with E-state index in [9.17, 15) is 27.6 Å². The summed E-state index contributed by atoms with van der Waals surface area (Å²) in [6.07, 6.45) is -6.36. The number of nitrogens with zero attached hydrogens (tertiary/aromatic N) is 4. The highest BCUT2D eigenvalue weighted by Crippen LogP contribution is 2.58. The van der Waals surface area contributed by atoms with E-state index in [1.807, 2.05) is 0 Å². The lowest BCUT2D eigenvalue weighted by atomic mass is 10.1. The third kappa shape index (κ3) is 4.26. The van der Waals surface area contributed by atoms with Crippen molar-refractivity contribution < 1.29 is 37.0 Å². The molecule has 1 aliphatic carbocycles. The fraction of sp³-hybridized carbons (Fsp3) is 0.632. The highest BCUT2D eigenvalue weighted by atomic mass is 19.4. The van der Waals surface area contributed by atoms with Gasteiger partial charge >= 0.3 is 23.8 Å². The van der Waals surface area contributed by atoms with E-state index in [0.29, 0.717) is 0 Å². The fourth-order valence-electron chi connectivity index (χ4n) is 4.02. The van der Waals surface area contributed by atoms with Gasteiger partial charge in [0, 0.05) is 26.8 Å². The summed E-state index contributed by atoms with van der Waals surface area (Å²) in [5.41, 5.74) is 2.81. The van der Waals surface area contributed by atoms with Crippen molar-refractivity contribution in [1.29, 1.82) is 0 Å². The van der Waals surface area contributed by atoms with Gasteiger partial charge in [-0.15, -0.1) is 0 Å². The molecule has 14 heteroatoms. The molecule has 0 aromatic carbocycles. The highest BCUT2D eigenvalue weighted by molar-refractivity contribution is 5.72. The molecule has 2 aromatic heterocycles. The first kappa shape index (κ1) is 23.0. The van der Waals surface area contributed by atoms with Crippen LogP contribution in [-0.2, 0) is 30.3 Å². The van der Waals surface area contributed by atoms with E-state index < -0.39 is 54.2 Å². The smallest absolute Gasteiger partial charge is 0.396 e. The van der Waals surface area contributed by atoms with Crippen molar-refractivity contribution in [1.82, 2.24) is 19.1 Å². The molecule has 1 unspecified atom stereocenters. The van der Waals surface area contributed by atoms with Gasteiger partial charge < -0.3 is 19.9 Å². The number of alkyl halides is 3. The van der Waals surface area contributed by atoms with Crippen LogP contribution in [0.25, 0.3) is 11.2 Å². The number of imidazole rings is 1. The number of anilines is 1. The Labute approximate surface area is 184 Å².